The van der Waals surface area contributed by atoms with Gasteiger partial charge in [0.1, 0.15) is 0 Å². The Hall–Kier alpha value is -0.610. The van der Waals surface area contributed by atoms with Crippen LogP contribution in [0.25, 0.3) is 0 Å². The molecule has 0 bridgehead atoms. The van der Waals surface area contributed by atoms with Crippen molar-refractivity contribution in [3.05, 3.63) is 0 Å². The molecule has 106 valence electrons. The zero-order chi connectivity index (χ0) is 13.5. The topological polar surface area (TPSA) is 52.6 Å². The average Bonchev–Trinajstić information content (AvgIpc) is 2.38. The Bertz CT molecular complexity index is 250. The van der Waals surface area contributed by atoms with E-state index in [9.17, 15) is 4.79 Å². The zero-order valence-corrected chi connectivity index (χ0v) is 12.0. The molecule has 1 amide bonds. The Morgan fingerprint density at radius 2 is 2.00 bits per heavy atom. The summed E-state index contributed by atoms with van der Waals surface area (Å²) in [5.41, 5.74) is 0. The summed E-state index contributed by atoms with van der Waals surface area (Å²) < 4.78 is 0. The first-order chi connectivity index (χ1) is 8.58. The van der Waals surface area contributed by atoms with Crippen molar-refractivity contribution < 1.29 is 9.90 Å². The Morgan fingerprint density at radius 1 is 1.39 bits per heavy atom. The highest BCUT2D eigenvalue weighted by molar-refractivity contribution is 5.81. The van der Waals surface area contributed by atoms with E-state index < -0.39 is 0 Å². The SMILES string of the molecule is CCCC(C)NC(=O)C(C)N1CCC(CO)CC1. The number of carbonyl (C=O) groups excluding carboxylic acids is 1. The van der Waals surface area contributed by atoms with Crippen LogP contribution >= 0.6 is 0 Å². The number of aliphatic hydroxyl groups excluding tert-OH is 1. The molecule has 18 heavy (non-hydrogen) atoms. The fourth-order valence-corrected chi connectivity index (χ4v) is 2.56. The largest absolute Gasteiger partial charge is 0.396 e. The lowest BCUT2D eigenvalue weighted by molar-refractivity contribution is -0.127. The van der Waals surface area contributed by atoms with Gasteiger partial charge in [0, 0.05) is 12.6 Å². The lowest BCUT2D eigenvalue weighted by Crippen LogP contribution is -2.50. The molecule has 2 atom stereocenters. The molecular formula is C14H28N2O2. The van der Waals surface area contributed by atoms with Gasteiger partial charge in [-0.2, -0.15) is 0 Å². The molecular weight excluding hydrogens is 228 g/mol. The third kappa shape index (κ3) is 4.58. The van der Waals surface area contributed by atoms with Gasteiger partial charge in [-0.25, -0.2) is 0 Å². The highest BCUT2D eigenvalue weighted by Crippen LogP contribution is 2.18. The highest BCUT2D eigenvalue weighted by Gasteiger charge is 2.26. The van der Waals surface area contributed by atoms with Gasteiger partial charge in [0.25, 0.3) is 0 Å². The van der Waals surface area contributed by atoms with Crippen LogP contribution < -0.4 is 5.32 Å². The first-order valence-electron chi connectivity index (χ1n) is 7.23. The molecule has 2 unspecified atom stereocenters. The van der Waals surface area contributed by atoms with Gasteiger partial charge in [-0.3, -0.25) is 9.69 Å². The fourth-order valence-electron chi connectivity index (χ4n) is 2.56. The predicted molar refractivity (Wildman–Crippen MR) is 73.4 cm³/mol. The minimum Gasteiger partial charge on any atom is -0.396 e. The van der Waals surface area contributed by atoms with Gasteiger partial charge in [0.2, 0.25) is 5.91 Å². The Labute approximate surface area is 111 Å². The molecule has 1 aliphatic rings. The molecule has 1 heterocycles. The molecule has 0 aromatic heterocycles. The van der Waals surface area contributed by atoms with Gasteiger partial charge in [-0.05, 0) is 52.1 Å². The number of aliphatic hydroxyl groups is 1. The van der Waals surface area contributed by atoms with E-state index >= 15 is 0 Å². The van der Waals surface area contributed by atoms with Crippen molar-refractivity contribution in [2.24, 2.45) is 5.92 Å². The summed E-state index contributed by atoms with van der Waals surface area (Å²) >= 11 is 0. The molecule has 0 aromatic rings. The maximum atomic E-state index is 12.1. The Balaban J connectivity index is 2.35. The molecule has 0 radical (unpaired) electrons. The van der Waals surface area contributed by atoms with E-state index in [2.05, 4.69) is 24.1 Å². The van der Waals surface area contributed by atoms with Crippen molar-refractivity contribution in [3.63, 3.8) is 0 Å². The molecule has 4 nitrogen and oxygen atoms in total. The van der Waals surface area contributed by atoms with Gasteiger partial charge in [0.05, 0.1) is 6.04 Å². The van der Waals surface area contributed by atoms with Gasteiger partial charge in [-0.1, -0.05) is 13.3 Å². The summed E-state index contributed by atoms with van der Waals surface area (Å²) in [4.78, 5) is 14.3. The van der Waals surface area contributed by atoms with E-state index in [0.29, 0.717) is 5.92 Å². The smallest absolute Gasteiger partial charge is 0.237 e. The van der Waals surface area contributed by atoms with Crippen molar-refractivity contribution in [1.29, 1.82) is 0 Å². The van der Waals surface area contributed by atoms with E-state index in [0.717, 1.165) is 38.8 Å². The summed E-state index contributed by atoms with van der Waals surface area (Å²) in [5.74, 6) is 0.564. The van der Waals surface area contributed by atoms with E-state index in [1.54, 1.807) is 0 Å². The van der Waals surface area contributed by atoms with Crippen molar-refractivity contribution in [2.75, 3.05) is 19.7 Å². The summed E-state index contributed by atoms with van der Waals surface area (Å²) in [6.07, 6.45) is 4.13. The quantitative estimate of drug-likeness (QED) is 0.755. The molecule has 1 fully saturated rings. The van der Waals surface area contributed by atoms with Gasteiger partial charge >= 0.3 is 0 Å². The Morgan fingerprint density at radius 3 is 2.50 bits per heavy atom. The number of rotatable bonds is 6. The molecule has 0 aliphatic carbocycles. The van der Waals surface area contributed by atoms with Gasteiger partial charge in [-0.15, -0.1) is 0 Å². The maximum Gasteiger partial charge on any atom is 0.237 e. The number of likely N-dealkylation sites (tertiary alicyclic amines) is 1. The van der Waals surface area contributed by atoms with Crippen LogP contribution in [-0.4, -0.2) is 47.7 Å². The molecule has 1 saturated heterocycles. The maximum absolute atomic E-state index is 12.1. The van der Waals surface area contributed by atoms with Crippen molar-refractivity contribution >= 4 is 5.91 Å². The van der Waals surface area contributed by atoms with Crippen molar-refractivity contribution in [2.45, 2.75) is 58.5 Å². The molecule has 1 aliphatic heterocycles. The summed E-state index contributed by atoms with van der Waals surface area (Å²) in [6, 6.07) is 0.212. The lowest BCUT2D eigenvalue weighted by Gasteiger charge is -2.35. The summed E-state index contributed by atoms with van der Waals surface area (Å²) in [5, 5.41) is 12.2. The first-order valence-corrected chi connectivity index (χ1v) is 7.23. The third-order valence-corrected chi connectivity index (χ3v) is 3.94. The second-order valence-electron chi connectivity index (χ2n) is 5.54. The number of hydrogen-bond donors (Lipinski definition) is 2. The third-order valence-electron chi connectivity index (χ3n) is 3.94. The van der Waals surface area contributed by atoms with E-state index in [1.807, 2.05) is 6.92 Å². The minimum atomic E-state index is -0.0519. The fraction of sp³-hybridized carbons (Fsp3) is 0.929. The Kier molecular flexibility index (Phi) is 6.65. The normalized spacial score (nSPS) is 21.6. The number of hydrogen-bond acceptors (Lipinski definition) is 3. The number of amides is 1. The molecule has 1 rings (SSSR count). The average molecular weight is 256 g/mol. The predicted octanol–water partition coefficient (Wildman–Crippen LogP) is 1.38. The van der Waals surface area contributed by atoms with Crippen LogP contribution in [0.5, 0.6) is 0 Å². The molecule has 4 heteroatoms. The first kappa shape index (κ1) is 15.4. The number of nitrogens with one attached hydrogen (secondary N) is 1. The summed E-state index contributed by atoms with van der Waals surface area (Å²) in [6.45, 7) is 8.29. The number of nitrogens with zero attached hydrogens (tertiary/aromatic N) is 1. The minimum absolute atomic E-state index is 0.0519. The lowest BCUT2D eigenvalue weighted by atomic mass is 9.97. The van der Waals surface area contributed by atoms with E-state index in [4.69, 9.17) is 5.11 Å². The second kappa shape index (κ2) is 7.74. The van der Waals surface area contributed by atoms with E-state index in [1.165, 1.54) is 0 Å². The van der Waals surface area contributed by atoms with Gasteiger partial charge < -0.3 is 10.4 Å². The van der Waals surface area contributed by atoms with E-state index in [-0.39, 0.29) is 24.6 Å². The van der Waals surface area contributed by atoms with Gasteiger partial charge in [0.15, 0.2) is 0 Å². The monoisotopic (exact) mass is 256 g/mol. The van der Waals surface area contributed by atoms with Crippen LogP contribution in [0.1, 0.15) is 46.5 Å². The van der Waals surface area contributed by atoms with Crippen LogP contribution in [0.15, 0.2) is 0 Å². The number of carbonyl (C=O) groups is 1. The molecule has 2 N–H and O–H groups in total. The number of piperidine rings is 1. The van der Waals surface area contributed by atoms with Crippen LogP contribution in [0, 0.1) is 5.92 Å². The zero-order valence-electron chi connectivity index (χ0n) is 12.0. The standard InChI is InChI=1S/C14H28N2O2/c1-4-5-11(2)15-14(18)12(3)16-8-6-13(10-17)7-9-16/h11-13,17H,4-10H2,1-3H3,(H,15,18). The van der Waals surface area contributed by atoms with Crippen molar-refractivity contribution in [1.82, 2.24) is 10.2 Å². The van der Waals surface area contributed by atoms with Crippen LogP contribution in [0.2, 0.25) is 0 Å². The van der Waals surface area contributed by atoms with Crippen LogP contribution in [-0.2, 0) is 4.79 Å². The van der Waals surface area contributed by atoms with Crippen LogP contribution in [0.4, 0.5) is 0 Å². The second-order valence-corrected chi connectivity index (χ2v) is 5.54. The van der Waals surface area contributed by atoms with Crippen LogP contribution in [0.3, 0.4) is 0 Å². The van der Waals surface area contributed by atoms with Crippen molar-refractivity contribution in [3.8, 4) is 0 Å². The summed E-state index contributed by atoms with van der Waals surface area (Å²) in [7, 11) is 0. The molecule has 0 spiro atoms. The molecule has 0 aromatic carbocycles. The highest BCUT2D eigenvalue weighted by atomic mass is 16.3. The molecule has 0 saturated carbocycles.